The molecule has 0 radical (unpaired) electrons. The fourth-order valence-corrected chi connectivity index (χ4v) is 3.01. The summed E-state index contributed by atoms with van der Waals surface area (Å²) in [7, 11) is -4.00. The summed E-state index contributed by atoms with van der Waals surface area (Å²) < 4.78 is 32.6. The molecule has 0 saturated carbocycles. The molecule has 9 nitrogen and oxygen atoms in total. The molecule has 1 aliphatic rings. The highest BCUT2D eigenvalue weighted by Gasteiger charge is 2.47. The molecule has 0 aliphatic carbocycles. The normalized spacial score (nSPS) is 30.8. The fourth-order valence-electron chi connectivity index (χ4n) is 2.38. The number of aliphatic hydroxyl groups excluding tert-OH is 3. The highest BCUT2D eigenvalue weighted by atomic mass is 32.2. The molecule has 0 aromatic heterocycles. The van der Waals surface area contributed by atoms with Crippen LogP contribution in [0.15, 0.2) is 30.3 Å². The van der Waals surface area contributed by atoms with E-state index in [-0.39, 0.29) is 5.56 Å². The Bertz CT molecular complexity index is 665. The lowest BCUT2D eigenvalue weighted by atomic mass is 9.97. The number of hydrogen-bond donors (Lipinski definition) is 4. The summed E-state index contributed by atoms with van der Waals surface area (Å²) in [6.45, 7) is -0.665. The number of ether oxygens (including phenoxy) is 1. The van der Waals surface area contributed by atoms with Gasteiger partial charge in [0.2, 0.25) is 0 Å². The lowest BCUT2D eigenvalue weighted by Gasteiger charge is -2.41. The Hall–Kier alpha value is -1.56. The van der Waals surface area contributed by atoms with Crippen molar-refractivity contribution in [3.8, 4) is 0 Å². The van der Waals surface area contributed by atoms with Crippen molar-refractivity contribution in [3.63, 3.8) is 0 Å². The molecule has 0 bridgehead atoms. The van der Waals surface area contributed by atoms with Crippen LogP contribution in [0.25, 0.3) is 0 Å². The van der Waals surface area contributed by atoms with Gasteiger partial charge in [0.1, 0.15) is 24.4 Å². The van der Waals surface area contributed by atoms with Crippen molar-refractivity contribution in [2.75, 3.05) is 12.9 Å². The molecule has 1 fully saturated rings. The number of rotatable bonds is 5. The number of carbonyl (C=O) groups excluding carboxylic acids is 1. The molecule has 0 spiro atoms. The van der Waals surface area contributed by atoms with Gasteiger partial charge in [-0.05, 0) is 12.1 Å². The number of nitrogens with one attached hydrogen (secondary N) is 1. The number of hydrogen-bond acceptors (Lipinski definition) is 8. The molecule has 134 valence electrons. The van der Waals surface area contributed by atoms with Crippen LogP contribution in [0.3, 0.4) is 0 Å². The largest absolute Gasteiger partial charge is 0.394 e. The van der Waals surface area contributed by atoms with Gasteiger partial charge in [0.15, 0.2) is 6.29 Å². The zero-order valence-corrected chi connectivity index (χ0v) is 13.6. The van der Waals surface area contributed by atoms with E-state index in [9.17, 15) is 23.4 Å². The van der Waals surface area contributed by atoms with Crippen molar-refractivity contribution < 1.29 is 37.5 Å². The minimum absolute atomic E-state index is 0.265. The summed E-state index contributed by atoms with van der Waals surface area (Å²) in [5, 5.41) is 31.7. The molecule has 24 heavy (non-hydrogen) atoms. The molecule has 1 aromatic carbocycles. The topological polar surface area (TPSA) is 142 Å². The van der Waals surface area contributed by atoms with Crippen molar-refractivity contribution >= 4 is 16.0 Å². The summed E-state index contributed by atoms with van der Waals surface area (Å²) in [5.74, 6) is -0.611. The Balaban J connectivity index is 2.24. The van der Waals surface area contributed by atoms with Gasteiger partial charge in [-0.2, -0.15) is 8.42 Å². The van der Waals surface area contributed by atoms with Gasteiger partial charge >= 0.3 is 0 Å². The zero-order chi connectivity index (χ0) is 17.9. The Kier molecular flexibility index (Phi) is 5.91. The van der Waals surface area contributed by atoms with Crippen LogP contribution in [0.5, 0.6) is 0 Å². The van der Waals surface area contributed by atoms with E-state index in [0.717, 1.165) is 6.26 Å². The molecule has 1 aliphatic heterocycles. The van der Waals surface area contributed by atoms with Gasteiger partial charge < -0.3 is 25.4 Å². The molecule has 5 atom stereocenters. The maximum Gasteiger partial charge on any atom is 0.264 e. The average Bonchev–Trinajstić information content (AvgIpc) is 2.53. The first-order valence-electron chi connectivity index (χ1n) is 7.09. The van der Waals surface area contributed by atoms with E-state index in [1.165, 1.54) is 12.1 Å². The second kappa shape index (κ2) is 7.55. The van der Waals surface area contributed by atoms with Crippen LogP contribution < -0.4 is 5.32 Å². The van der Waals surface area contributed by atoms with Crippen LogP contribution in [0.1, 0.15) is 10.4 Å². The number of benzene rings is 1. The minimum atomic E-state index is -4.00. The van der Waals surface area contributed by atoms with Crippen LogP contribution in [-0.2, 0) is 19.0 Å². The molecule has 1 aromatic rings. The van der Waals surface area contributed by atoms with Crippen LogP contribution in [0.4, 0.5) is 0 Å². The highest BCUT2D eigenvalue weighted by Crippen LogP contribution is 2.24. The molecule has 2 rings (SSSR count). The highest BCUT2D eigenvalue weighted by molar-refractivity contribution is 7.86. The van der Waals surface area contributed by atoms with Crippen LogP contribution in [0, 0.1) is 0 Å². The van der Waals surface area contributed by atoms with Crippen LogP contribution >= 0.6 is 0 Å². The van der Waals surface area contributed by atoms with Gasteiger partial charge in [0, 0.05) is 5.56 Å². The summed E-state index contributed by atoms with van der Waals surface area (Å²) in [6.07, 6.45) is -5.25. The smallest absolute Gasteiger partial charge is 0.264 e. The summed E-state index contributed by atoms with van der Waals surface area (Å²) in [4.78, 5) is 12.2. The molecule has 1 saturated heterocycles. The Morgan fingerprint density at radius 2 is 1.92 bits per heavy atom. The van der Waals surface area contributed by atoms with Crippen LogP contribution in [0.2, 0.25) is 0 Å². The number of aliphatic hydroxyl groups is 3. The summed E-state index contributed by atoms with van der Waals surface area (Å²) >= 11 is 0. The van der Waals surface area contributed by atoms with E-state index in [0.29, 0.717) is 0 Å². The Labute approximate surface area is 139 Å². The van der Waals surface area contributed by atoms with E-state index in [1.54, 1.807) is 18.2 Å². The molecule has 0 unspecified atom stereocenters. The molecule has 1 heterocycles. The van der Waals surface area contributed by atoms with Gasteiger partial charge in [-0.1, -0.05) is 18.2 Å². The monoisotopic (exact) mass is 361 g/mol. The first-order valence-corrected chi connectivity index (χ1v) is 8.91. The lowest BCUT2D eigenvalue weighted by Crippen LogP contribution is -2.65. The van der Waals surface area contributed by atoms with E-state index in [1.807, 2.05) is 0 Å². The van der Waals surface area contributed by atoms with Gasteiger partial charge in [-0.25, -0.2) is 0 Å². The van der Waals surface area contributed by atoms with Crippen molar-refractivity contribution in [2.24, 2.45) is 0 Å². The predicted molar refractivity (Wildman–Crippen MR) is 81.4 cm³/mol. The second-order valence-electron chi connectivity index (χ2n) is 5.37. The van der Waals surface area contributed by atoms with Gasteiger partial charge in [0.25, 0.3) is 16.0 Å². The predicted octanol–water partition coefficient (Wildman–Crippen LogP) is -1.80. The maximum absolute atomic E-state index is 12.2. The summed E-state index contributed by atoms with van der Waals surface area (Å²) in [5.41, 5.74) is 0.265. The van der Waals surface area contributed by atoms with Crippen molar-refractivity contribution in [1.29, 1.82) is 0 Å². The summed E-state index contributed by atoms with van der Waals surface area (Å²) in [6, 6.07) is 6.65. The van der Waals surface area contributed by atoms with E-state index in [2.05, 4.69) is 5.32 Å². The van der Waals surface area contributed by atoms with E-state index >= 15 is 0 Å². The lowest BCUT2D eigenvalue weighted by molar-refractivity contribution is -0.247. The Morgan fingerprint density at radius 1 is 1.29 bits per heavy atom. The third kappa shape index (κ3) is 4.50. The molecule has 10 heteroatoms. The number of carbonyl (C=O) groups is 1. The maximum atomic E-state index is 12.2. The van der Waals surface area contributed by atoms with E-state index in [4.69, 9.17) is 14.0 Å². The SMILES string of the molecule is CS(=O)(=O)O[C@@H]1[C@@H](O)[C@@H](CO)O[C@@H](O)[C@H]1NC(=O)c1ccccc1. The van der Waals surface area contributed by atoms with Crippen molar-refractivity contribution in [2.45, 2.75) is 30.6 Å². The van der Waals surface area contributed by atoms with Gasteiger partial charge in [0.05, 0.1) is 12.9 Å². The molecular formula is C14H19NO8S. The van der Waals surface area contributed by atoms with E-state index < -0.39 is 53.3 Å². The average molecular weight is 361 g/mol. The molecule has 4 N–H and O–H groups in total. The Morgan fingerprint density at radius 3 is 2.46 bits per heavy atom. The van der Waals surface area contributed by atoms with Gasteiger partial charge in [-0.3, -0.25) is 8.98 Å². The quantitative estimate of drug-likeness (QED) is 0.450. The minimum Gasteiger partial charge on any atom is -0.394 e. The van der Waals surface area contributed by atoms with Gasteiger partial charge in [-0.15, -0.1) is 0 Å². The molecule has 1 amide bonds. The van der Waals surface area contributed by atoms with Crippen molar-refractivity contribution in [3.05, 3.63) is 35.9 Å². The third-order valence-electron chi connectivity index (χ3n) is 3.49. The number of amides is 1. The second-order valence-corrected chi connectivity index (χ2v) is 6.97. The molecular weight excluding hydrogens is 342 g/mol. The third-order valence-corrected chi connectivity index (χ3v) is 4.06. The fraction of sp³-hybridized carbons (Fsp3) is 0.500. The van der Waals surface area contributed by atoms with Crippen molar-refractivity contribution in [1.82, 2.24) is 5.32 Å². The first kappa shape index (κ1) is 18.8. The zero-order valence-electron chi connectivity index (χ0n) is 12.8. The van der Waals surface area contributed by atoms with Crippen LogP contribution in [-0.4, -0.2) is 73.2 Å². The standard InChI is InChI=1S/C14H19NO8S/c1-24(20,21)23-12-10(14(19)22-9(7-16)11(12)17)15-13(18)8-5-3-2-4-6-8/h2-6,9-12,14,16-17,19H,7H2,1H3,(H,15,18)/t9-,10+,11+,12+,14-/m1/s1. The first-order chi connectivity index (χ1) is 11.2.